The molecular formula is C30H29N3O4S. The number of amides is 1. The van der Waals surface area contributed by atoms with Crippen molar-refractivity contribution in [3.05, 3.63) is 108 Å². The Labute approximate surface area is 222 Å². The van der Waals surface area contributed by atoms with Gasteiger partial charge in [0, 0.05) is 36.0 Å². The standard InChI is InChI=1S/C30H29N3O4S/c1-37-28-15-12-23(13-16-28)20-32(27-18-19-38(35,36)22-27)29(34)17-14-25-21-33(26-10-6-3-7-11-26)31-30(25)24-8-4-2-5-9-24/h2-17,21,27H,18-20,22H2,1H3/b17-14+. The molecule has 1 unspecified atom stereocenters. The second-order valence-corrected chi connectivity index (χ2v) is 11.5. The average molecular weight is 528 g/mol. The van der Waals surface area contributed by atoms with Gasteiger partial charge in [-0.05, 0) is 42.3 Å². The van der Waals surface area contributed by atoms with E-state index in [0.717, 1.165) is 33.8 Å². The van der Waals surface area contributed by atoms with Crippen molar-refractivity contribution in [3.63, 3.8) is 0 Å². The number of benzene rings is 3. The quantitative estimate of drug-likeness (QED) is 0.308. The Morgan fingerprint density at radius 3 is 2.34 bits per heavy atom. The molecule has 194 valence electrons. The third-order valence-corrected chi connectivity index (χ3v) is 8.41. The third kappa shape index (κ3) is 5.86. The van der Waals surface area contributed by atoms with Gasteiger partial charge in [-0.15, -0.1) is 0 Å². The Morgan fingerprint density at radius 2 is 1.71 bits per heavy atom. The highest BCUT2D eigenvalue weighted by Gasteiger charge is 2.34. The molecule has 0 radical (unpaired) electrons. The van der Waals surface area contributed by atoms with E-state index < -0.39 is 9.84 Å². The van der Waals surface area contributed by atoms with Crippen molar-refractivity contribution in [3.8, 4) is 22.7 Å². The molecule has 1 atom stereocenters. The molecule has 5 rings (SSSR count). The van der Waals surface area contributed by atoms with Crippen LogP contribution in [0.1, 0.15) is 17.5 Å². The van der Waals surface area contributed by atoms with Crippen molar-refractivity contribution in [2.24, 2.45) is 0 Å². The van der Waals surface area contributed by atoms with E-state index in [1.165, 1.54) is 6.08 Å². The molecule has 38 heavy (non-hydrogen) atoms. The summed E-state index contributed by atoms with van der Waals surface area (Å²) in [6, 6.07) is 26.7. The first kappa shape index (κ1) is 25.5. The Balaban J connectivity index is 1.46. The molecule has 4 aromatic rings. The number of hydrogen-bond acceptors (Lipinski definition) is 5. The number of rotatable bonds is 8. The Morgan fingerprint density at radius 1 is 1.03 bits per heavy atom. The first-order valence-electron chi connectivity index (χ1n) is 12.4. The van der Waals surface area contributed by atoms with Crippen molar-refractivity contribution in [2.45, 2.75) is 19.0 Å². The Hall–Kier alpha value is -4.17. The van der Waals surface area contributed by atoms with Crippen molar-refractivity contribution >= 4 is 21.8 Å². The summed E-state index contributed by atoms with van der Waals surface area (Å²) in [7, 11) is -1.57. The van der Waals surface area contributed by atoms with E-state index in [9.17, 15) is 13.2 Å². The SMILES string of the molecule is COc1ccc(CN(C(=O)/C=C/c2cn(-c3ccccc3)nc2-c2ccccc2)C2CCS(=O)(=O)C2)cc1. The molecular weight excluding hydrogens is 498 g/mol. The van der Waals surface area contributed by atoms with Gasteiger partial charge in [-0.1, -0.05) is 60.7 Å². The minimum absolute atomic E-state index is 0.0239. The van der Waals surface area contributed by atoms with Crippen molar-refractivity contribution in [1.29, 1.82) is 0 Å². The van der Waals surface area contributed by atoms with Gasteiger partial charge in [0.2, 0.25) is 5.91 Å². The summed E-state index contributed by atoms with van der Waals surface area (Å²) in [6.07, 6.45) is 5.61. The van der Waals surface area contributed by atoms with Gasteiger partial charge in [0.05, 0.1) is 30.0 Å². The van der Waals surface area contributed by atoms with Gasteiger partial charge in [0.15, 0.2) is 9.84 Å². The van der Waals surface area contributed by atoms with Crippen LogP contribution in [-0.4, -0.2) is 53.7 Å². The number of para-hydroxylation sites is 1. The van der Waals surface area contributed by atoms with Crippen LogP contribution >= 0.6 is 0 Å². The van der Waals surface area contributed by atoms with E-state index >= 15 is 0 Å². The number of methoxy groups -OCH3 is 1. The highest BCUT2D eigenvalue weighted by Crippen LogP contribution is 2.26. The second-order valence-electron chi connectivity index (χ2n) is 9.28. The molecule has 1 saturated heterocycles. The molecule has 2 heterocycles. The molecule has 1 fully saturated rings. The van der Waals surface area contributed by atoms with Crippen LogP contribution in [0.3, 0.4) is 0 Å². The molecule has 1 aliphatic rings. The molecule has 0 bridgehead atoms. The van der Waals surface area contributed by atoms with E-state index in [-0.39, 0.29) is 23.5 Å². The number of ether oxygens (including phenoxy) is 1. The lowest BCUT2D eigenvalue weighted by Crippen LogP contribution is -2.39. The first-order chi connectivity index (χ1) is 18.4. The fourth-order valence-electron chi connectivity index (χ4n) is 4.64. The van der Waals surface area contributed by atoms with Gasteiger partial charge >= 0.3 is 0 Å². The number of carbonyl (C=O) groups is 1. The van der Waals surface area contributed by atoms with Crippen molar-refractivity contribution in [2.75, 3.05) is 18.6 Å². The Kier molecular flexibility index (Phi) is 7.42. The third-order valence-electron chi connectivity index (χ3n) is 6.66. The monoisotopic (exact) mass is 527 g/mol. The van der Waals surface area contributed by atoms with Crippen LogP contribution in [0.15, 0.2) is 97.2 Å². The van der Waals surface area contributed by atoms with Gasteiger partial charge in [-0.3, -0.25) is 4.79 Å². The number of carbonyl (C=O) groups excluding carboxylic acids is 1. The van der Waals surface area contributed by atoms with Crippen LogP contribution in [0.5, 0.6) is 5.75 Å². The number of hydrogen-bond donors (Lipinski definition) is 0. The van der Waals surface area contributed by atoms with Gasteiger partial charge in [-0.25, -0.2) is 13.1 Å². The fraction of sp³-hybridized carbons (Fsp3) is 0.200. The summed E-state index contributed by atoms with van der Waals surface area (Å²) in [5, 5.41) is 4.80. The molecule has 7 nitrogen and oxygen atoms in total. The van der Waals surface area contributed by atoms with Gasteiger partial charge < -0.3 is 9.64 Å². The maximum absolute atomic E-state index is 13.6. The molecule has 1 aromatic heterocycles. The lowest BCUT2D eigenvalue weighted by atomic mass is 10.1. The van der Waals surface area contributed by atoms with E-state index in [1.807, 2.05) is 91.1 Å². The van der Waals surface area contributed by atoms with Crippen LogP contribution in [0.2, 0.25) is 0 Å². The molecule has 0 saturated carbocycles. The molecule has 0 N–H and O–H groups in total. The molecule has 1 amide bonds. The van der Waals surface area contributed by atoms with E-state index in [2.05, 4.69) is 0 Å². The predicted molar refractivity (Wildman–Crippen MR) is 149 cm³/mol. The fourth-order valence-corrected chi connectivity index (χ4v) is 6.37. The number of aromatic nitrogens is 2. The highest BCUT2D eigenvalue weighted by molar-refractivity contribution is 7.91. The topological polar surface area (TPSA) is 81.5 Å². The number of nitrogens with zero attached hydrogens (tertiary/aromatic N) is 3. The van der Waals surface area contributed by atoms with Crippen LogP contribution in [0, 0.1) is 0 Å². The summed E-state index contributed by atoms with van der Waals surface area (Å²) in [6.45, 7) is 0.308. The van der Waals surface area contributed by atoms with E-state index in [1.54, 1.807) is 22.8 Å². The van der Waals surface area contributed by atoms with Crippen LogP contribution in [0.4, 0.5) is 0 Å². The Bertz CT molecular complexity index is 1530. The molecule has 0 spiro atoms. The predicted octanol–water partition coefficient (Wildman–Crippen LogP) is 4.78. The molecule has 1 aliphatic heterocycles. The lowest BCUT2D eigenvalue weighted by Gasteiger charge is -2.27. The maximum atomic E-state index is 13.6. The van der Waals surface area contributed by atoms with Crippen molar-refractivity contribution in [1.82, 2.24) is 14.7 Å². The number of sulfone groups is 1. The molecule has 8 heteroatoms. The zero-order valence-corrected chi connectivity index (χ0v) is 21.9. The van der Waals surface area contributed by atoms with Gasteiger partial charge in [-0.2, -0.15) is 5.10 Å². The summed E-state index contributed by atoms with van der Waals surface area (Å²) in [5.41, 5.74) is 4.29. The first-order valence-corrected chi connectivity index (χ1v) is 14.3. The molecule has 0 aliphatic carbocycles. The minimum Gasteiger partial charge on any atom is -0.497 e. The highest BCUT2D eigenvalue weighted by atomic mass is 32.2. The summed E-state index contributed by atoms with van der Waals surface area (Å²) < 4.78 is 31.5. The maximum Gasteiger partial charge on any atom is 0.247 e. The normalized spacial score (nSPS) is 16.5. The zero-order valence-electron chi connectivity index (χ0n) is 21.1. The summed E-state index contributed by atoms with van der Waals surface area (Å²) in [4.78, 5) is 15.2. The molecule has 3 aromatic carbocycles. The smallest absolute Gasteiger partial charge is 0.247 e. The van der Waals surface area contributed by atoms with Crippen LogP contribution < -0.4 is 4.74 Å². The van der Waals surface area contributed by atoms with Crippen LogP contribution in [0.25, 0.3) is 23.0 Å². The minimum atomic E-state index is -3.17. The van der Waals surface area contributed by atoms with Crippen LogP contribution in [-0.2, 0) is 21.2 Å². The summed E-state index contributed by atoms with van der Waals surface area (Å²) >= 11 is 0. The average Bonchev–Trinajstić information content (AvgIpc) is 3.54. The lowest BCUT2D eigenvalue weighted by molar-refractivity contribution is -0.128. The zero-order chi connectivity index (χ0) is 26.5. The van der Waals surface area contributed by atoms with Crippen molar-refractivity contribution < 1.29 is 17.9 Å². The second kappa shape index (κ2) is 11.1. The van der Waals surface area contributed by atoms with Gasteiger partial charge in [0.25, 0.3) is 0 Å². The largest absolute Gasteiger partial charge is 0.497 e. The summed E-state index contributed by atoms with van der Waals surface area (Å²) in [5.74, 6) is 0.549. The van der Waals surface area contributed by atoms with Gasteiger partial charge in [0.1, 0.15) is 5.75 Å². The van der Waals surface area contributed by atoms with E-state index in [0.29, 0.717) is 13.0 Å². The van der Waals surface area contributed by atoms with E-state index in [4.69, 9.17) is 9.84 Å².